The predicted octanol–water partition coefficient (Wildman–Crippen LogP) is 4.70. The van der Waals surface area contributed by atoms with Crippen molar-refractivity contribution in [1.82, 2.24) is 4.90 Å². The lowest BCUT2D eigenvalue weighted by molar-refractivity contribution is -0.115. The van der Waals surface area contributed by atoms with Gasteiger partial charge in [0.1, 0.15) is 12.4 Å². The van der Waals surface area contributed by atoms with Crippen LogP contribution in [-0.2, 0) is 27.8 Å². The number of carbonyl (C=O) groups is 2. The van der Waals surface area contributed by atoms with Gasteiger partial charge < -0.3 is 25.3 Å². The molecule has 0 atom stereocenters. The van der Waals surface area contributed by atoms with Crippen LogP contribution in [0.5, 0.6) is 11.5 Å². The fraction of sp³-hybridized carbons (Fsp3) is 0.438. The molecule has 3 N–H and O–H groups in total. The summed E-state index contributed by atoms with van der Waals surface area (Å²) in [6.45, 7) is 13.0. The van der Waals surface area contributed by atoms with Crippen LogP contribution in [0.25, 0.3) is 10.8 Å². The number of hydrogen-bond donors (Lipinski definition) is 2. The van der Waals surface area contributed by atoms with E-state index in [2.05, 4.69) is 31.0 Å². The van der Waals surface area contributed by atoms with Crippen molar-refractivity contribution in [3.63, 3.8) is 0 Å². The molecule has 0 aliphatic carbocycles. The summed E-state index contributed by atoms with van der Waals surface area (Å²) in [6, 6.07) is 13.6. The number of ether oxygens (including phenoxy) is 3. The molecule has 0 aromatic heterocycles. The number of morpholine rings is 1. The molecule has 0 bridgehead atoms. The minimum absolute atomic E-state index is 0.145. The Kier molecular flexibility index (Phi) is 9.32. The van der Waals surface area contributed by atoms with E-state index >= 15 is 0 Å². The van der Waals surface area contributed by atoms with Gasteiger partial charge in [0.25, 0.3) is 5.91 Å². The minimum Gasteiger partial charge on any atom is -0.494 e. The normalized spacial score (nSPS) is 14.2. The molecule has 1 saturated heterocycles. The molecule has 0 unspecified atom stereocenters. The first-order chi connectivity index (χ1) is 19.1. The maximum Gasteiger partial charge on any atom is 0.252 e. The molecular formula is C32H41N3O5. The molecule has 0 radical (unpaired) electrons. The number of carbonyl (C=O) groups excluding carboxylic acids is 2. The van der Waals surface area contributed by atoms with Gasteiger partial charge in [-0.1, -0.05) is 58.0 Å². The number of methoxy groups -OCH3 is 1. The van der Waals surface area contributed by atoms with Crippen molar-refractivity contribution in [2.24, 2.45) is 5.73 Å². The molecule has 3 aromatic rings. The van der Waals surface area contributed by atoms with Gasteiger partial charge in [0.15, 0.2) is 5.75 Å². The molecule has 1 aliphatic heterocycles. The molecule has 2 amide bonds. The summed E-state index contributed by atoms with van der Waals surface area (Å²) in [4.78, 5) is 28.2. The van der Waals surface area contributed by atoms with E-state index in [0.29, 0.717) is 24.5 Å². The number of rotatable bonds is 10. The smallest absolute Gasteiger partial charge is 0.252 e. The van der Waals surface area contributed by atoms with Crippen LogP contribution in [-0.4, -0.2) is 63.3 Å². The Hall–Kier alpha value is -3.62. The predicted molar refractivity (Wildman–Crippen MR) is 159 cm³/mol. The van der Waals surface area contributed by atoms with Crippen LogP contribution in [0.2, 0.25) is 0 Å². The minimum atomic E-state index is -0.601. The second kappa shape index (κ2) is 12.7. The largest absolute Gasteiger partial charge is 0.494 e. The second-order valence-corrected chi connectivity index (χ2v) is 11.1. The van der Waals surface area contributed by atoms with Crippen molar-refractivity contribution in [2.45, 2.75) is 46.0 Å². The van der Waals surface area contributed by atoms with Gasteiger partial charge >= 0.3 is 0 Å². The zero-order chi connectivity index (χ0) is 28.9. The number of nitrogens with zero attached hydrogens (tertiary/aromatic N) is 1. The number of hydrogen-bond acceptors (Lipinski definition) is 6. The lowest BCUT2D eigenvalue weighted by Crippen LogP contribution is -2.38. The maximum absolute atomic E-state index is 13.5. The Bertz CT molecular complexity index is 1370. The summed E-state index contributed by atoms with van der Waals surface area (Å²) < 4.78 is 17.2. The van der Waals surface area contributed by atoms with E-state index < -0.39 is 5.91 Å². The van der Waals surface area contributed by atoms with Gasteiger partial charge in [-0.2, -0.15) is 0 Å². The van der Waals surface area contributed by atoms with E-state index in [4.69, 9.17) is 19.9 Å². The van der Waals surface area contributed by atoms with Crippen LogP contribution in [0.15, 0.2) is 42.5 Å². The average Bonchev–Trinajstić information content (AvgIpc) is 2.93. The lowest BCUT2D eigenvalue weighted by atomic mass is 9.81. The zero-order valence-corrected chi connectivity index (χ0v) is 24.3. The number of nitrogens with two attached hydrogens (primary N) is 1. The van der Waals surface area contributed by atoms with Gasteiger partial charge in [0.05, 0.1) is 38.0 Å². The lowest BCUT2D eigenvalue weighted by Gasteiger charge is -2.27. The first kappa shape index (κ1) is 29.4. The molecule has 1 heterocycles. The molecule has 4 rings (SSSR count). The molecule has 214 valence electrons. The van der Waals surface area contributed by atoms with Crippen LogP contribution in [0.1, 0.15) is 54.7 Å². The maximum atomic E-state index is 13.5. The third kappa shape index (κ3) is 6.57. The van der Waals surface area contributed by atoms with Gasteiger partial charge in [0, 0.05) is 25.0 Å². The molecule has 8 nitrogen and oxygen atoms in total. The third-order valence-corrected chi connectivity index (χ3v) is 7.38. The first-order valence-corrected chi connectivity index (χ1v) is 13.9. The van der Waals surface area contributed by atoms with Gasteiger partial charge in [-0.25, -0.2) is 0 Å². The Balaban J connectivity index is 1.60. The van der Waals surface area contributed by atoms with E-state index in [9.17, 15) is 9.59 Å². The molecule has 0 saturated carbocycles. The van der Waals surface area contributed by atoms with Crippen LogP contribution < -0.4 is 20.5 Å². The van der Waals surface area contributed by atoms with Crippen LogP contribution in [0, 0.1) is 0 Å². The fourth-order valence-electron chi connectivity index (χ4n) is 5.35. The molecule has 3 aromatic carbocycles. The van der Waals surface area contributed by atoms with Gasteiger partial charge in [-0.15, -0.1) is 0 Å². The van der Waals surface area contributed by atoms with Gasteiger partial charge in [-0.05, 0) is 46.0 Å². The summed E-state index contributed by atoms with van der Waals surface area (Å²) >= 11 is 0. The van der Waals surface area contributed by atoms with E-state index in [1.807, 2.05) is 43.3 Å². The summed E-state index contributed by atoms with van der Waals surface area (Å²) in [6.07, 6.45) is 0.795. The van der Waals surface area contributed by atoms with Crippen molar-refractivity contribution >= 4 is 28.3 Å². The highest BCUT2D eigenvalue weighted by atomic mass is 16.5. The van der Waals surface area contributed by atoms with Gasteiger partial charge in [0.2, 0.25) is 5.91 Å². The van der Waals surface area contributed by atoms with Gasteiger partial charge in [-0.3, -0.25) is 14.5 Å². The quantitative estimate of drug-likeness (QED) is 0.382. The van der Waals surface area contributed by atoms with Crippen molar-refractivity contribution in [2.75, 3.05) is 51.9 Å². The molecule has 1 fully saturated rings. The van der Waals surface area contributed by atoms with Crippen molar-refractivity contribution < 1.29 is 23.8 Å². The second-order valence-electron chi connectivity index (χ2n) is 11.1. The van der Waals surface area contributed by atoms with E-state index in [0.717, 1.165) is 66.1 Å². The first-order valence-electron chi connectivity index (χ1n) is 13.9. The number of nitrogens with one attached hydrogen (secondary N) is 1. The Morgan fingerprint density at radius 2 is 1.77 bits per heavy atom. The monoisotopic (exact) mass is 547 g/mol. The van der Waals surface area contributed by atoms with Crippen LogP contribution in [0.3, 0.4) is 0 Å². The van der Waals surface area contributed by atoms with E-state index in [-0.39, 0.29) is 23.3 Å². The Labute approximate surface area is 236 Å². The highest BCUT2D eigenvalue weighted by molar-refractivity contribution is 6.03. The fourth-order valence-corrected chi connectivity index (χ4v) is 5.35. The van der Waals surface area contributed by atoms with Crippen molar-refractivity contribution in [3.05, 3.63) is 64.7 Å². The summed E-state index contributed by atoms with van der Waals surface area (Å²) in [7, 11) is 1.49. The Morgan fingerprint density at radius 1 is 1.07 bits per heavy atom. The summed E-state index contributed by atoms with van der Waals surface area (Å²) in [5.74, 6) is 0.280. The summed E-state index contributed by atoms with van der Waals surface area (Å²) in [5, 5.41) is 5.00. The molecule has 40 heavy (non-hydrogen) atoms. The average molecular weight is 548 g/mol. The third-order valence-electron chi connectivity index (χ3n) is 7.38. The highest BCUT2D eigenvalue weighted by Crippen LogP contribution is 2.40. The number of fused-ring (bicyclic) bond motifs is 1. The van der Waals surface area contributed by atoms with E-state index in [1.54, 1.807) is 6.07 Å². The Morgan fingerprint density at radius 3 is 2.40 bits per heavy atom. The van der Waals surface area contributed by atoms with E-state index in [1.165, 1.54) is 7.11 Å². The molecule has 0 spiro atoms. The van der Waals surface area contributed by atoms with Crippen LogP contribution >= 0.6 is 0 Å². The number of anilines is 1. The molecule has 1 aliphatic rings. The van der Waals surface area contributed by atoms with Crippen LogP contribution in [0.4, 0.5) is 5.69 Å². The number of primary amides is 1. The SMILES string of the molecule is CCc1c(C(C)(C)C)cc(C(N)=O)c(OC)c1NC(=O)Cc1ccc(OCCN2CCOCC2)c2ccccc12. The number of amides is 2. The molecular weight excluding hydrogens is 506 g/mol. The standard InChI is InChI=1S/C32H41N3O5/c1-6-22-26(32(2,3)4)20-25(31(33)37)30(38-5)29(22)34-28(36)19-21-11-12-27(24-10-8-7-9-23(21)24)40-18-15-35-13-16-39-17-14-35/h7-12,20H,6,13-19H2,1-5H3,(H2,33,37)(H,34,36). The summed E-state index contributed by atoms with van der Waals surface area (Å²) in [5.41, 5.74) is 8.96. The zero-order valence-electron chi connectivity index (χ0n) is 24.3. The number of benzene rings is 3. The molecule has 8 heteroatoms. The topological polar surface area (TPSA) is 103 Å². The highest BCUT2D eigenvalue weighted by Gasteiger charge is 2.27. The van der Waals surface area contributed by atoms with Crippen molar-refractivity contribution in [3.8, 4) is 11.5 Å². The van der Waals surface area contributed by atoms with Crippen molar-refractivity contribution in [1.29, 1.82) is 0 Å².